The van der Waals surface area contributed by atoms with Crippen LogP contribution in [0.3, 0.4) is 0 Å². The minimum Gasteiger partial charge on any atom is -0.456 e. The summed E-state index contributed by atoms with van der Waals surface area (Å²) in [4.78, 5) is 2.61. The Bertz CT molecular complexity index is 2910. The second kappa shape index (κ2) is 10.8. The zero-order chi connectivity index (χ0) is 34.7. The number of rotatable bonds is 3. The minimum atomic E-state index is 0.00794. The van der Waals surface area contributed by atoms with Crippen LogP contribution in [0.15, 0.2) is 156 Å². The monoisotopic (exact) mass is 683 g/mol. The van der Waals surface area contributed by atoms with E-state index in [2.05, 4.69) is 171 Å². The molecule has 4 heteroatoms. The third-order valence-electron chi connectivity index (χ3n) is 11.2. The van der Waals surface area contributed by atoms with Crippen molar-refractivity contribution in [2.75, 3.05) is 4.90 Å². The Morgan fingerprint density at radius 1 is 0.538 bits per heavy atom. The Kier molecular flexibility index (Phi) is 6.22. The molecule has 7 aromatic carbocycles. The van der Waals surface area contributed by atoms with E-state index in [-0.39, 0.29) is 12.1 Å². The molecule has 246 valence electrons. The van der Waals surface area contributed by atoms with Gasteiger partial charge in [0, 0.05) is 36.9 Å². The highest BCUT2D eigenvalue weighted by atomic mass is 32.1. The summed E-state index contributed by atoms with van der Waals surface area (Å²) < 4.78 is 8.99. The molecule has 0 atom stereocenters. The van der Waals surface area contributed by atoms with Gasteiger partial charge in [-0.25, -0.2) is 0 Å². The maximum atomic E-state index is 6.26. The average molecular weight is 684 g/mol. The van der Waals surface area contributed by atoms with Gasteiger partial charge in [0.15, 0.2) is 0 Å². The number of nitrogens with zero attached hydrogens (tertiary/aromatic N) is 1. The van der Waals surface area contributed by atoms with Crippen molar-refractivity contribution < 1.29 is 4.42 Å². The molecule has 2 nitrogen and oxygen atoms in total. The van der Waals surface area contributed by atoms with Crippen LogP contribution in [0.4, 0.5) is 17.1 Å². The maximum absolute atomic E-state index is 6.26. The Hall–Kier alpha value is -5.84. The predicted octanol–water partition coefficient (Wildman–Crippen LogP) is 11.7. The highest BCUT2D eigenvalue weighted by Crippen LogP contribution is 2.50. The summed E-state index contributed by atoms with van der Waals surface area (Å²) in [6.07, 6.45) is 0. The summed E-state index contributed by atoms with van der Waals surface area (Å²) in [5, 5.41) is 3.59. The van der Waals surface area contributed by atoms with Crippen LogP contribution in [0, 0.1) is 0 Å². The molecule has 0 N–H and O–H groups in total. The lowest BCUT2D eigenvalue weighted by Crippen LogP contribution is -2.53. The fourth-order valence-corrected chi connectivity index (χ4v) is 10.1. The molecule has 0 saturated heterocycles. The van der Waals surface area contributed by atoms with Gasteiger partial charge in [-0.2, -0.15) is 0 Å². The highest BCUT2D eigenvalue weighted by Gasteiger charge is 2.45. The van der Waals surface area contributed by atoms with Crippen molar-refractivity contribution in [3.63, 3.8) is 0 Å². The summed E-state index contributed by atoms with van der Waals surface area (Å²) in [6.45, 7) is 7.09. The molecule has 0 amide bonds. The molecule has 2 aliphatic heterocycles. The van der Waals surface area contributed by atoms with Crippen molar-refractivity contribution in [1.82, 2.24) is 0 Å². The smallest absolute Gasteiger partial charge is 0.260 e. The van der Waals surface area contributed by atoms with E-state index in [0.717, 1.165) is 21.9 Å². The second-order valence-electron chi connectivity index (χ2n) is 15.3. The average Bonchev–Trinajstić information content (AvgIpc) is 3.85. The van der Waals surface area contributed by atoms with Crippen LogP contribution in [0.5, 0.6) is 0 Å². The maximum Gasteiger partial charge on any atom is 0.260 e. The van der Waals surface area contributed by atoms with Gasteiger partial charge in [0.05, 0.1) is 11.4 Å². The quantitative estimate of drug-likeness (QED) is 0.172. The van der Waals surface area contributed by atoms with Gasteiger partial charge in [-0.1, -0.05) is 129 Å². The molecule has 52 heavy (non-hydrogen) atoms. The summed E-state index contributed by atoms with van der Waals surface area (Å²) >= 11 is 1.95. The number of hydrogen-bond donors (Lipinski definition) is 0. The zero-order valence-electron chi connectivity index (χ0n) is 29.3. The van der Waals surface area contributed by atoms with Crippen molar-refractivity contribution >= 4 is 82.8 Å². The normalized spacial score (nSPS) is 13.2. The number of anilines is 3. The first-order valence-electron chi connectivity index (χ1n) is 18.1. The first kappa shape index (κ1) is 29.9. The molecule has 0 aliphatic carbocycles. The largest absolute Gasteiger partial charge is 0.456 e. The van der Waals surface area contributed by atoms with Gasteiger partial charge in [0.1, 0.15) is 11.2 Å². The van der Waals surface area contributed by atoms with Crippen LogP contribution in [0.2, 0.25) is 0 Å². The molecule has 11 rings (SSSR count). The molecule has 0 radical (unpaired) electrons. The van der Waals surface area contributed by atoms with E-state index in [0.29, 0.717) is 0 Å². The molecule has 4 heterocycles. The Balaban J connectivity index is 1.25. The molecule has 9 aromatic rings. The lowest BCUT2D eigenvalue weighted by molar-refractivity contribution is 0.590. The van der Waals surface area contributed by atoms with Crippen molar-refractivity contribution in [3.8, 4) is 33.4 Å². The standard InChI is InChI=1S/C48H34BNOS/c1-48(2,3)32-22-23-40(36(28-32)29-13-5-4-6-14-29)50-41-27-31(30-21-24-43-37(25-30)34-16-8-11-19-42(34)51-43)26-38-33-15-7-10-18-39(33)49(45(38)41)47-46(50)35-17-9-12-20-44(35)52-47/h4-28H,1-3H3. The number of para-hydroxylation sites is 1. The number of hydrogen-bond acceptors (Lipinski definition) is 3. The molecular formula is C48H34BNOS. The van der Waals surface area contributed by atoms with Crippen LogP contribution in [0.1, 0.15) is 26.3 Å². The first-order chi connectivity index (χ1) is 25.4. The summed E-state index contributed by atoms with van der Waals surface area (Å²) in [5.74, 6) is 0. The Morgan fingerprint density at radius 3 is 2.15 bits per heavy atom. The third-order valence-corrected chi connectivity index (χ3v) is 12.5. The third kappa shape index (κ3) is 4.25. The van der Waals surface area contributed by atoms with Gasteiger partial charge < -0.3 is 9.32 Å². The molecule has 0 saturated carbocycles. The summed E-state index contributed by atoms with van der Waals surface area (Å²) in [5.41, 5.74) is 17.2. The molecule has 2 aliphatic rings. The fourth-order valence-electron chi connectivity index (χ4n) is 8.74. The van der Waals surface area contributed by atoms with Crippen LogP contribution in [-0.2, 0) is 5.41 Å². The van der Waals surface area contributed by atoms with Gasteiger partial charge in [-0.3, -0.25) is 0 Å². The van der Waals surface area contributed by atoms with Crippen LogP contribution < -0.4 is 20.6 Å². The van der Waals surface area contributed by atoms with E-state index >= 15 is 0 Å². The molecule has 2 aromatic heterocycles. The highest BCUT2D eigenvalue weighted by molar-refractivity contribution is 7.34. The fraction of sp³-hybridized carbons (Fsp3) is 0.0833. The molecule has 0 bridgehead atoms. The lowest BCUT2D eigenvalue weighted by Gasteiger charge is -2.36. The molecular weight excluding hydrogens is 649 g/mol. The van der Waals surface area contributed by atoms with Gasteiger partial charge in [-0.15, -0.1) is 11.3 Å². The van der Waals surface area contributed by atoms with Crippen molar-refractivity contribution in [2.45, 2.75) is 26.2 Å². The zero-order valence-corrected chi connectivity index (χ0v) is 30.1. The molecule has 0 unspecified atom stereocenters. The van der Waals surface area contributed by atoms with E-state index in [9.17, 15) is 0 Å². The Labute approximate surface area is 307 Å². The summed E-state index contributed by atoms with van der Waals surface area (Å²) in [6, 6.07) is 56.1. The van der Waals surface area contributed by atoms with Crippen LogP contribution >= 0.6 is 11.3 Å². The van der Waals surface area contributed by atoms with E-state index < -0.39 is 0 Å². The molecule has 0 spiro atoms. The summed E-state index contributed by atoms with van der Waals surface area (Å²) in [7, 11) is 0. The van der Waals surface area contributed by atoms with Gasteiger partial charge in [0.25, 0.3) is 6.71 Å². The van der Waals surface area contributed by atoms with Crippen molar-refractivity contribution in [2.24, 2.45) is 0 Å². The Morgan fingerprint density at radius 2 is 1.29 bits per heavy atom. The number of benzene rings is 7. The number of thiophene rings is 1. The predicted molar refractivity (Wildman–Crippen MR) is 223 cm³/mol. The number of furan rings is 1. The van der Waals surface area contributed by atoms with Crippen LogP contribution in [-0.4, -0.2) is 6.71 Å². The van der Waals surface area contributed by atoms with Gasteiger partial charge >= 0.3 is 0 Å². The molecule has 0 fully saturated rings. The van der Waals surface area contributed by atoms with Crippen LogP contribution in [0.25, 0.3) is 65.4 Å². The lowest BCUT2D eigenvalue weighted by atomic mass is 9.40. The van der Waals surface area contributed by atoms with E-state index in [4.69, 9.17) is 4.42 Å². The van der Waals surface area contributed by atoms with E-state index in [1.54, 1.807) is 0 Å². The van der Waals surface area contributed by atoms with Crippen molar-refractivity contribution in [3.05, 3.63) is 157 Å². The van der Waals surface area contributed by atoms with Crippen molar-refractivity contribution in [1.29, 1.82) is 0 Å². The number of fused-ring (bicyclic) bond motifs is 10. The second-order valence-corrected chi connectivity index (χ2v) is 16.4. The van der Waals surface area contributed by atoms with E-state index in [1.165, 1.54) is 81.8 Å². The topological polar surface area (TPSA) is 16.4 Å². The first-order valence-corrected chi connectivity index (χ1v) is 18.9. The van der Waals surface area contributed by atoms with Gasteiger partial charge in [-0.05, 0) is 92.8 Å². The minimum absolute atomic E-state index is 0.00794. The van der Waals surface area contributed by atoms with E-state index in [1.807, 2.05) is 17.4 Å². The SMILES string of the molecule is CC(C)(C)c1ccc(N2c3cc(-c4ccc5oc6ccccc6c5c4)cc4c3B(c3ccccc3-4)c3sc4ccccc4c32)c(-c2ccccc2)c1. The van der Waals surface area contributed by atoms with Gasteiger partial charge in [0.2, 0.25) is 0 Å².